The smallest absolute Gasteiger partial charge is 0.317 e. The van der Waals surface area contributed by atoms with Gasteiger partial charge in [0.1, 0.15) is 11.2 Å². The zero-order chi connectivity index (χ0) is 13.2. The average Bonchev–Trinajstić information content (AvgIpc) is 2.33. The van der Waals surface area contributed by atoms with Crippen molar-refractivity contribution in [3.05, 3.63) is 35.6 Å². The predicted molar refractivity (Wildman–Crippen MR) is 66.5 cm³/mol. The van der Waals surface area contributed by atoms with Gasteiger partial charge < -0.3 is 10.5 Å². The van der Waals surface area contributed by atoms with Crippen LogP contribution in [0.3, 0.4) is 0 Å². The van der Waals surface area contributed by atoms with E-state index in [-0.39, 0.29) is 24.2 Å². The predicted octanol–water partition coefficient (Wildman–Crippen LogP) is 2.00. The second-order valence-corrected chi connectivity index (χ2v) is 4.80. The fourth-order valence-corrected chi connectivity index (χ4v) is 2.72. The Hall–Kier alpha value is -1.42. The van der Waals surface area contributed by atoms with Crippen LogP contribution in [0.2, 0.25) is 0 Å². The molecule has 1 unspecified atom stereocenters. The quantitative estimate of drug-likeness (QED) is 0.833. The van der Waals surface area contributed by atoms with Gasteiger partial charge in [-0.05, 0) is 36.5 Å². The second kappa shape index (κ2) is 5.06. The largest absolute Gasteiger partial charge is 0.468 e. The number of nitrogens with two attached hydrogens (primary N) is 1. The van der Waals surface area contributed by atoms with Crippen molar-refractivity contribution in [1.82, 2.24) is 0 Å². The van der Waals surface area contributed by atoms with E-state index < -0.39 is 5.41 Å². The number of carbonyl (C=O) groups is 1. The standard InChI is InChI=1S/C14H18FNO2/c1-18-13(17)14(9-16,10-3-2-4-10)11-5-7-12(15)8-6-11/h5-8,10H,2-4,9,16H2,1H3. The van der Waals surface area contributed by atoms with Crippen LogP contribution in [-0.4, -0.2) is 19.6 Å². The summed E-state index contributed by atoms with van der Waals surface area (Å²) in [7, 11) is 1.37. The monoisotopic (exact) mass is 251 g/mol. The first-order chi connectivity index (χ1) is 8.65. The fraction of sp³-hybridized carbons (Fsp3) is 0.500. The number of methoxy groups -OCH3 is 1. The van der Waals surface area contributed by atoms with Crippen LogP contribution < -0.4 is 5.73 Å². The molecule has 1 saturated carbocycles. The number of halogens is 1. The summed E-state index contributed by atoms with van der Waals surface area (Å²) in [6.07, 6.45) is 3.03. The van der Waals surface area contributed by atoms with E-state index in [4.69, 9.17) is 10.5 Å². The summed E-state index contributed by atoms with van der Waals surface area (Å²) in [4.78, 5) is 12.2. The molecule has 1 atom stereocenters. The summed E-state index contributed by atoms with van der Waals surface area (Å²) in [5.41, 5.74) is 5.80. The van der Waals surface area contributed by atoms with Gasteiger partial charge in [-0.3, -0.25) is 4.79 Å². The Morgan fingerprint density at radius 1 is 1.44 bits per heavy atom. The Morgan fingerprint density at radius 3 is 2.44 bits per heavy atom. The molecular weight excluding hydrogens is 233 g/mol. The minimum Gasteiger partial charge on any atom is -0.468 e. The SMILES string of the molecule is COC(=O)C(CN)(c1ccc(F)cc1)C1CCC1. The zero-order valence-electron chi connectivity index (χ0n) is 10.5. The summed E-state index contributed by atoms with van der Waals surface area (Å²) in [5.74, 6) is -0.440. The molecule has 0 heterocycles. The number of carbonyl (C=O) groups excluding carboxylic acids is 1. The fourth-order valence-electron chi connectivity index (χ4n) is 2.72. The highest BCUT2D eigenvalue weighted by molar-refractivity contribution is 5.84. The van der Waals surface area contributed by atoms with E-state index in [1.54, 1.807) is 12.1 Å². The molecule has 1 aliphatic rings. The highest BCUT2D eigenvalue weighted by atomic mass is 19.1. The van der Waals surface area contributed by atoms with Crippen molar-refractivity contribution >= 4 is 5.97 Å². The maximum atomic E-state index is 13.0. The molecule has 0 aliphatic heterocycles. The van der Waals surface area contributed by atoms with Gasteiger partial charge in [-0.2, -0.15) is 0 Å². The molecule has 1 aromatic rings. The van der Waals surface area contributed by atoms with Crippen molar-refractivity contribution in [3.8, 4) is 0 Å². The van der Waals surface area contributed by atoms with Crippen molar-refractivity contribution in [2.45, 2.75) is 24.7 Å². The molecule has 0 saturated heterocycles. The van der Waals surface area contributed by atoms with Crippen LogP contribution in [0.15, 0.2) is 24.3 Å². The topological polar surface area (TPSA) is 52.3 Å². The van der Waals surface area contributed by atoms with Crippen molar-refractivity contribution in [1.29, 1.82) is 0 Å². The van der Waals surface area contributed by atoms with Crippen LogP contribution in [0.25, 0.3) is 0 Å². The average molecular weight is 251 g/mol. The lowest BCUT2D eigenvalue weighted by Crippen LogP contribution is -2.52. The molecule has 0 aromatic heterocycles. The first-order valence-electron chi connectivity index (χ1n) is 6.19. The van der Waals surface area contributed by atoms with Crippen LogP contribution in [0.4, 0.5) is 4.39 Å². The van der Waals surface area contributed by atoms with Crippen molar-refractivity contribution in [2.75, 3.05) is 13.7 Å². The Kier molecular flexibility index (Phi) is 3.66. The summed E-state index contributed by atoms with van der Waals surface area (Å²) >= 11 is 0. The highest BCUT2D eigenvalue weighted by Crippen LogP contribution is 2.44. The third kappa shape index (κ3) is 1.90. The molecule has 1 aliphatic carbocycles. The van der Waals surface area contributed by atoms with Crippen LogP contribution in [0.5, 0.6) is 0 Å². The molecule has 4 heteroatoms. The zero-order valence-corrected chi connectivity index (χ0v) is 10.5. The number of hydrogen-bond donors (Lipinski definition) is 1. The number of hydrogen-bond acceptors (Lipinski definition) is 3. The normalized spacial score (nSPS) is 18.8. The third-order valence-corrected chi connectivity index (χ3v) is 4.03. The van der Waals surface area contributed by atoms with Crippen molar-refractivity contribution in [2.24, 2.45) is 11.7 Å². The number of benzene rings is 1. The first-order valence-corrected chi connectivity index (χ1v) is 6.19. The van der Waals surface area contributed by atoms with Gasteiger partial charge in [0.25, 0.3) is 0 Å². The molecule has 0 amide bonds. The molecule has 0 radical (unpaired) electrons. The summed E-state index contributed by atoms with van der Waals surface area (Å²) in [6, 6.07) is 6.00. The number of rotatable bonds is 4. The molecule has 18 heavy (non-hydrogen) atoms. The minimum absolute atomic E-state index is 0.190. The van der Waals surface area contributed by atoms with Gasteiger partial charge in [-0.25, -0.2) is 4.39 Å². The first kappa shape index (κ1) is 13.0. The van der Waals surface area contributed by atoms with E-state index in [0.29, 0.717) is 0 Å². The number of esters is 1. The summed E-state index contributed by atoms with van der Waals surface area (Å²) < 4.78 is 17.9. The maximum absolute atomic E-state index is 13.0. The highest BCUT2D eigenvalue weighted by Gasteiger charge is 2.49. The van der Waals surface area contributed by atoms with E-state index in [1.165, 1.54) is 19.2 Å². The van der Waals surface area contributed by atoms with Crippen LogP contribution >= 0.6 is 0 Å². The lowest BCUT2D eigenvalue weighted by atomic mass is 9.62. The van der Waals surface area contributed by atoms with Gasteiger partial charge in [0.2, 0.25) is 0 Å². The molecule has 0 spiro atoms. The molecule has 98 valence electrons. The van der Waals surface area contributed by atoms with Gasteiger partial charge in [0.05, 0.1) is 7.11 Å². The second-order valence-electron chi connectivity index (χ2n) is 4.80. The van der Waals surface area contributed by atoms with Gasteiger partial charge in [0, 0.05) is 6.54 Å². The van der Waals surface area contributed by atoms with Gasteiger partial charge in [-0.1, -0.05) is 18.6 Å². The van der Waals surface area contributed by atoms with E-state index in [9.17, 15) is 9.18 Å². The molecule has 2 rings (SSSR count). The van der Waals surface area contributed by atoms with Crippen LogP contribution in [0.1, 0.15) is 24.8 Å². The van der Waals surface area contributed by atoms with Crippen molar-refractivity contribution < 1.29 is 13.9 Å². The van der Waals surface area contributed by atoms with E-state index in [1.807, 2.05) is 0 Å². The van der Waals surface area contributed by atoms with E-state index >= 15 is 0 Å². The Bertz CT molecular complexity index is 428. The molecule has 0 bridgehead atoms. The molecule has 2 N–H and O–H groups in total. The third-order valence-electron chi connectivity index (χ3n) is 4.03. The molecule has 1 fully saturated rings. The van der Waals surface area contributed by atoms with Gasteiger partial charge in [0.15, 0.2) is 0 Å². The van der Waals surface area contributed by atoms with Crippen molar-refractivity contribution in [3.63, 3.8) is 0 Å². The number of ether oxygens (including phenoxy) is 1. The van der Waals surface area contributed by atoms with Gasteiger partial charge >= 0.3 is 5.97 Å². The van der Waals surface area contributed by atoms with Crippen LogP contribution in [-0.2, 0) is 14.9 Å². The lowest BCUT2D eigenvalue weighted by Gasteiger charge is -2.42. The van der Waals surface area contributed by atoms with E-state index in [0.717, 1.165) is 24.8 Å². The maximum Gasteiger partial charge on any atom is 0.317 e. The molecule has 1 aromatic carbocycles. The van der Waals surface area contributed by atoms with Crippen LogP contribution in [0, 0.1) is 11.7 Å². The van der Waals surface area contributed by atoms with E-state index in [2.05, 4.69) is 0 Å². The minimum atomic E-state index is -0.819. The molecule has 3 nitrogen and oxygen atoms in total. The lowest BCUT2D eigenvalue weighted by molar-refractivity contribution is -0.151. The Morgan fingerprint density at radius 2 is 2.06 bits per heavy atom. The van der Waals surface area contributed by atoms with Gasteiger partial charge in [-0.15, -0.1) is 0 Å². The Labute approximate surface area is 106 Å². The summed E-state index contributed by atoms with van der Waals surface area (Å²) in [5, 5.41) is 0. The Balaban J connectivity index is 2.45. The molecular formula is C14H18FNO2. The summed E-state index contributed by atoms with van der Waals surface area (Å²) in [6.45, 7) is 0.190.